The van der Waals surface area contributed by atoms with E-state index in [2.05, 4.69) is 191 Å². The summed E-state index contributed by atoms with van der Waals surface area (Å²) in [6, 6.07) is 57.9. The molecule has 236 valence electrons. The van der Waals surface area contributed by atoms with Crippen molar-refractivity contribution in [2.75, 3.05) is 5.32 Å². The Morgan fingerprint density at radius 2 is 0.837 bits per heavy atom. The molecule has 0 radical (unpaired) electrons. The Morgan fingerprint density at radius 3 is 1.49 bits per heavy atom. The summed E-state index contributed by atoms with van der Waals surface area (Å²) in [5, 5.41) is 3.98. The first kappa shape index (κ1) is 29.5. The molecule has 0 saturated carbocycles. The van der Waals surface area contributed by atoms with Crippen LogP contribution in [0.3, 0.4) is 0 Å². The molecule has 0 heterocycles. The summed E-state index contributed by atoms with van der Waals surface area (Å²) in [6.07, 6.45) is 0. The fourth-order valence-electron chi connectivity index (χ4n) is 8.66. The van der Waals surface area contributed by atoms with E-state index in [0.29, 0.717) is 0 Å². The highest BCUT2D eigenvalue weighted by atomic mass is 14.9. The zero-order valence-electron chi connectivity index (χ0n) is 28.5. The maximum atomic E-state index is 3.98. The molecular weight excluding hydrogens is 591 g/mol. The second-order valence-corrected chi connectivity index (χ2v) is 14.7. The monoisotopic (exact) mass is 629 g/mol. The van der Waals surface area contributed by atoms with Crippen molar-refractivity contribution in [3.05, 3.63) is 180 Å². The zero-order valence-corrected chi connectivity index (χ0v) is 28.5. The molecular formula is C48H39N. The van der Waals surface area contributed by atoms with Crippen molar-refractivity contribution in [1.82, 2.24) is 0 Å². The summed E-state index contributed by atoms with van der Waals surface area (Å²) in [6.45, 7) is 9.51. The van der Waals surface area contributed by atoms with Gasteiger partial charge in [-0.2, -0.15) is 0 Å². The Morgan fingerprint density at radius 1 is 0.347 bits per heavy atom. The molecule has 9 rings (SSSR count). The van der Waals surface area contributed by atoms with Gasteiger partial charge in [0.05, 0.1) is 0 Å². The van der Waals surface area contributed by atoms with Crippen LogP contribution in [0.4, 0.5) is 11.4 Å². The minimum absolute atomic E-state index is 0.131. The number of nitrogens with one attached hydrogen (secondary N) is 1. The highest BCUT2D eigenvalue weighted by molar-refractivity contribution is 5.94. The van der Waals surface area contributed by atoms with Gasteiger partial charge in [-0.05, 0) is 114 Å². The number of fused-ring (bicyclic) bond motifs is 6. The lowest BCUT2D eigenvalue weighted by Gasteiger charge is -2.27. The number of hydrogen-bond donors (Lipinski definition) is 1. The third kappa shape index (κ3) is 4.60. The van der Waals surface area contributed by atoms with E-state index in [1.165, 1.54) is 83.6 Å². The molecule has 2 aliphatic rings. The van der Waals surface area contributed by atoms with Crippen LogP contribution in [-0.2, 0) is 10.8 Å². The fourth-order valence-corrected chi connectivity index (χ4v) is 8.66. The number of rotatable bonds is 5. The molecule has 0 spiro atoms. The second-order valence-electron chi connectivity index (χ2n) is 14.7. The molecule has 0 bridgehead atoms. The van der Waals surface area contributed by atoms with E-state index >= 15 is 0 Å². The average molecular weight is 630 g/mol. The van der Waals surface area contributed by atoms with Crippen LogP contribution < -0.4 is 5.32 Å². The van der Waals surface area contributed by atoms with Gasteiger partial charge < -0.3 is 5.32 Å². The van der Waals surface area contributed by atoms with Crippen molar-refractivity contribution in [3.8, 4) is 55.6 Å². The molecule has 49 heavy (non-hydrogen) atoms. The molecule has 0 unspecified atom stereocenters. The molecule has 0 saturated heterocycles. The van der Waals surface area contributed by atoms with Crippen molar-refractivity contribution in [3.63, 3.8) is 0 Å². The van der Waals surface area contributed by atoms with E-state index in [1.54, 1.807) is 0 Å². The van der Waals surface area contributed by atoms with Gasteiger partial charge in [-0.15, -0.1) is 0 Å². The molecule has 1 heteroatoms. The van der Waals surface area contributed by atoms with Crippen molar-refractivity contribution < 1.29 is 0 Å². The standard InChI is InChI=1S/C48H39N/c1-47(2)42-23-15-14-22-37(42)41-28-35(32-18-10-6-11-19-32)29-44(46(41)47)49-36-24-25-38-40-27-34(31-16-8-5-9-17-31)26-39(33-20-12-7-13-21-33)45(40)48(3,4)43(38)30-36/h5-30,49H,1-4H3. The number of hydrogen-bond acceptors (Lipinski definition) is 1. The SMILES string of the molecule is CC1(C)c2ccccc2-c2cc(-c3ccccc3)cc(Nc3ccc4c(c3)C(C)(C)c3c(-c5ccccc5)cc(-c5ccccc5)cc3-4)c21. The summed E-state index contributed by atoms with van der Waals surface area (Å²) in [4.78, 5) is 0. The van der Waals surface area contributed by atoms with Gasteiger partial charge in [-0.1, -0.05) is 149 Å². The molecule has 0 atom stereocenters. The summed E-state index contributed by atoms with van der Waals surface area (Å²) in [5.41, 5.74) is 20.2. The molecule has 0 amide bonds. The summed E-state index contributed by atoms with van der Waals surface area (Å²) >= 11 is 0. The quantitative estimate of drug-likeness (QED) is 0.200. The Kier molecular flexibility index (Phi) is 6.58. The normalized spacial score (nSPS) is 14.4. The topological polar surface area (TPSA) is 12.0 Å². The molecule has 1 nitrogen and oxygen atoms in total. The highest BCUT2D eigenvalue weighted by Crippen LogP contribution is 2.56. The van der Waals surface area contributed by atoms with Gasteiger partial charge in [-0.3, -0.25) is 0 Å². The lowest BCUT2D eigenvalue weighted by atomic mass is 9.78. The van der Waals surface area contributed by atoms with Gasteiger partial charge in [0, 0.05) is 22.2 Å². The van der Waals surface area contributed by atoms with Crippen LogP contribution in [0, 0.1) is 0 Å². The first-order valence-corrected chi connectivity index (χ1v) is 17.4. The van der Waals surface area contributed by atoms with Crippen LogP contribution in [0.25, 0.3) is 55.6 Å². The number of anilines is 2. The van der Waals surface area contributed by atoms with Gasteiger partial charge in [0.1, 0.15) is 0 Å². The van der Waals surface area contributed by atoms with Crippen LogP contribution in [0.5, 0.6) is 0 Å². The predicted octanol–water partition coefficient (Wildman–Crippen LogP) is 13.0. The number of benzene rings is 7. The third-order valence-corrected chi connectivity index (χ3v) is 11.0. The van der Waals surface area contributed by atoms with Gasteiger partial charge in [0.2, 0.25) is 0 Å². The van der Waals surface area contributed by atoms with E-state index in [9.17, 15) is 0 Å². The molecule has 7 aromatic rings. The first-order valence-electron chi connectivity index (χ1n) is 17.4. The van der Waals surface area contributed by atoms with Crippen LogP contribution in [-0.4, -0.2) is 0 Å². The Hall–Kier alpha value is -5.66. The predicted molar refractivity (Wildman–Crippen MR) is 208 cm³/mol. The maximum Gasteiger partial charge on any atom is 0.0438 e. The summed E-state index contributed by atoms with van der Waals surface area (Å²) in [5.74, 6) is 0. The summed E-state index contributed by atoms with van der Waals surface area (Å²) < 4.78 is 0. The minimum Gasteiger partial charge on any atom is -0.355 e. The Balaban J connectivity index is 1.20. The molecule has 7 aromatic carbocycles. The van der Waals surface area contributed by atoms with Crippen molar-refractivity contribution in [2.24, 2.45) is 0 Å². The maximum absolute atomic E-state index is 3.98. The van der Waals surface area contributed by atoms with E-state index in [-0.39, 0.29) is 10.8 Å². The smallest absolute Gasteiger partial charge is 0.0438 e. The second kappa shape index (κ2) is 10.9. The van der Waals surface area contributed by atoms with E-state index in [4.69, 9.17) is 0 Å². The molecule has 2 aliphatic carbocycles. The molecule has 0 aromatic heterocycles. The third-order valence-electron chi connectivity index (χ3n) is 11.0. The summed E-state index contributed by atoms with van der Waals surface area (Å²) in [7, 11) is 0. The largest absolute Gasteiger partial charge is 0.355 e. The van der Waals surface area contributed by atoms with Gasteiger partial charge in [0.15, 0.2) is 0 Å². The molecule has 1 N–H and O–H groups in total. The highest BCUT2D eigenvalue weighted by Gasteiger charge is 2.40. The van der Waals surface area contributed by atoms with Crippen molar-refractivity contribution in [2.45, 2.75) is 38.5 Å². The van der Waals surface area contributed by atoms with E-state index in [1.807, 2.05) is 0 Å². The fraction of sp³-hybridized carbons (Fsp3) is 0.125. The van der Waals surface area contributed by atoms with Gasteiger partial charge >= 0.3 is 0 Å². The molecule has 0 fully saturated rings. The van der Waals surface area contributed by atoms with Crippen molar-refractivity contribution in [1.29, 1.82) is 0 Å². The van der Waals surface area contributed by atoms with Gasteiger partial charge in [0.25, 0.3) is 0 Å². The lowest BCUT2D eigenvalue weighted by Crippen LogP contribution is -2.18. The first-order chi connectivity index (χ1) is 23.8. The van der Waals surface area contributed by atoms with Crippen LogP contribution in [0.1, 0.15) is 49.9 Å². The van der Waals surface area contributed by atoms with Crippen LogP contribution in [0.15, 0.2) is 158 Å². The molecule has 0 aliphatic heterocycles. The van der Waals surface area contributed by atoms with Gasteiger partial charge in [-0.25, -0.2) is 0 Å². The lowest BCUT2D eigenvalue weighted by molar-refractivity contribution is 0.661. The van der Waals surface area contributed by atoms with E-state index < -0.39 is 0 Å². The average Bonchev–Trinajstić information content (AvgIpc) is 3.51. The Bertz CT molecular complexity index is 2380. The minimum atomic E-state index is -0.188. The van der Waals surface area contributed by atoms with Crippen LogP contribution >= 0.6 is 0 Å². The van der Waals surface area contributed by atoms with E-state index in [0.717, 1.165) is 5.69 Å². The Labute approximate surface area is 290 Å². The van der Waals surface area contributed by atoms with Crippen LogP contribution in [0.2, 0.25) is 0 Å². The zero-order chi connectivity index (χ0) is 33.3. The van der Waals surface area contributed by atoms with Crippen molar-refractivity contribution >= 4 is 11.4 Å².